The summed E-state index contributed by atoms with van der Waals surface area (Å²) in [6.45, 7) is 0.373. The Hall–Kier alpha value is -0.910. The molecule has 1 aliphatic carbocycles. The summed E-state index contributed by atoms with van der Waals surface area (Å²) >= 11 is 5.94. The molecule has 1 aliphatic rings. The van der Waals surface area contributed by atoms with E-state index in [1.54, 1.807) is 0 Å². The number of rotatable bonds is 5. The minimum atomic E-state index is -0.191. The molecular formula is C11H16ClN3O2. The molecule has 1 heterocycles. The van der Waals surface area contributed by atoms with Gasteiger partial charge in [0, 0.05) is 12.6 Å². The van der Waals surface area contributed by atoms with Gasteiger partial charge >= 0.3 is 0 Å². The third-order valence-electron chi connectivity index (χ3n) is 3.16. The maximum atomic E-state index is 9.34. The van der Waals surface area contributed by atoms with Crippen LogP contribution in [-0.4, -0.2) is 39.4 Å². The summed E-state index contributed by atoms with van der Waals surface area (Å²) in [5.74, 6) is 0.645. The summed E-state index contributed by atoms with van der Waals surface area (Å²) in [7, 11) is 0. The Labute approximate surface area is 105 Å². The zero-order valence-corrected chi connectivity index (χ0v) is 10.3. The maximum Gasteiger partial charge on any atom is 0.140 e. The van der Waals surface area contributed by atoms with Gasteiger partial charge in [0.15, 0.2) is 0 Å². The van der Waals surface area contributed by atoms with Crippen LogP contribution < -0.4 is 4.90 Å². The van der Waals surface area contributed by atoms with Gasteiger partial charge in [0.2, 0.25) is 0 Å². The van der Waals surface area contributed by atoms with Crippen LogP contribution in [0.3, 0.4) is 0 Å². The topological polar surface area (TPSA) is 69.5 Å². The molecule has 0 aromatic carbocycles. The van der Waals surface area contributed by atoms with Crippen molar-refractivity contribution in [3.8, 4) is 0 Å². The van der Waals surface area contributed by atoms with E-state index in [0.29, 0.717) is 24.0 Å². The SMILES string of the molecule is OCCN(c1ncnc(Cl)c1CO)C1CCC1. The van der Waals surface area contributed by atoms with E-state index in [1.807, 2.05) is 4.90 Å². The number of aliphatic hydroxyl groups is 2. The van der Waals surface area contributed by atoms with Gasteiger partial charge in [-0.05, 0) is 19.3 Å². The van der Waals surface area contributed by atoms with Gasteiger partial charge in [-0.25, -0.2) is 9.97 Å². The highest BCUT2D eigenvalue weighted by Crippen LogP contribution is 2.31. The van der Waals surface area contributed by atoms with E-state index in [2.05, 4.69) is 9.97 Å². The molecule has 6 heteroatoms. The fourth-order valence-corrected chi connectivity index (χ4v) is 2.22. The quantitative estimate of drug-likeness (QED) is 0.770. The van der Waals surface area contributed by atoms with Gasteiger partial charge in [0.1, 0.15) is 17.3 Å². The van der Waals surface area contributed by atoms with Crippen LogP contribution in [-0.2, 0) is 6.61 Å². The van der Waals surface area contributed by atoms with Crippen LogP contribution in [0.1, 0.15) is 24.8 Å². The molecule has 2 N–H and O–H groups in total. The van der Waals surface area contributed by atoms with E-state index in [0.717, 1.165) is 12.8 Å². The molecule has 1 fully saturated rings. The maximum absolute atomic E-state index is 9.34. The van der Waals surface area contributed by atoms with Gasteiger partial charge in [-0.3, -0.25) is 0 Å². The van der Waals surface area contributed by atoms with E-state index in [4.69, 9.17) is 16.7 Å². The lowest BCUT2D eigenvalue weighted by Gasteiger charge is -2.38. The molecular weight excluding hydrogens is 242 g/mol. The monoisotopic (exact) mass is 257 g/mol. The predicted molar refractivity (Wildman–Crippen MR) is 65.0 cm³/mol. The van der Waals surface area contributed by atoms with E-state index in [1.165, 1.54) is 12.7 Å². The van der Waals surface area contributed by atoms with Crippen LogP contribution in [0.25, 0.3) is 0 Å². The van der Waals surface area contributed by atoms with Crippen molar-refractivity contribution in [3.05, 3.63) is 17.0 Å². The first-order valence-corrected chi connectivity index (χ1v) is 6.13. The molecule has 0 radical (unpaired) electrons. The first-order valence-electron chi connectivity index (χ1n) is 5.75. The number of anilines is 1. The highest BCUT2D eigenvalue weighted by molar-refractivity contribution is 6.30. The molecule has 0 bridgehead atoms. The van der Waals surface area contributed by atoms with Gasteiger partial charge in [-0.15, -0.1) is 0 Å². The van der Waals surface area contributed by atoms with Crippen molar-refractivity contribution in [2.75, 3.05) is 18.1 Å². The van der Waals surface area contributed by atoms with Gasteiger partial charge in [0.25, 0.3) is 0 Å². The van der Waals surface area contributed by atoms with E-state index < -0.39 is 0 Å². The van der Waals surface area contributed by atoms with Crippen LogP contribution in [0.5, 0.6) is 0 Å². The number of nitrogens with zero attached hydrogens (tertiary/aromatic N) is 3. The van der Waals surface area contributed by atoms with Crippen molar-refractivity contribution in [3.63, 3.8) is 0 Å². The summed E-state index contributed by atoms with van der Waals surface area (Å²) in [5, 5.41) is 18.7. The molecule has 5 nitrogen and oxygen atoms in total. The second-order valence-electron chi connectivity index (χ2n) is 4.13. The third-order valence-corrected chi connectivity index (χ3v) is 3.48. The molecule has 1 aromatic heterocycles. The molecule has 0 aliphatic heterocycles. The molecule has 17 heavy (non-hydrogen) atoms. The Morgan fingerprint density at radius 3 is 2.65 bits per heavy atom. The molecule has 94 valence electrons. The highest BCUT2D eigenvalue weighted by atomic mass is 35.5. The minimum Gasteiger partial charge on any atom is -0.395 e. The Morgan fingerprint density at radius 2 is 2.12 bits per heavy atom. The summed E-state index contributed by atoms with van der Waals surface area (Å²) in [6.07, 6.45) is 4.76. The second kappa shape index (κ2) is 5.62. The van der Waals surface area contributed by atoms with Gasteiger partial charge in [0.05, 0.1) is 18.8 Å². The van der Waals surface area contributed by atoms with Crippen molar-refractivity contribution in [1.82, 2.24) is 9.97 Å². The summed E-state index contributed by atoms with van der Waals surface area (Å²) in [5.41, 5.74) is 0.537. The standard InChI is InChI=1S/C11H16ClN3O2/c12-10-9(6-17)11(14-7-13-10)15(4-5-16)8-2-1-3-8/h7-8,16-17H,1-6H2. The zero-order chi connectivity index (χ0) is 12.3. The molecule has 0 atom stereocenters. The molecule has 1 saturated carbocycles. The van der Waals surface area contributed by atoms with Crippen molar-refractivity contribution >= 4 is 17.4 Å². The summed E-state index contributed by atoms with van der Waals surface area (Å²) in [6, 6.07) is 0.387. The van der Waals surface area contributed by atoms with Gasteiger partial charge < -0.3 is 15.1 Å². The van der Waals surface area contributed by atoms with Crippen LogP contribution in [0.15, 0.2) is 6.33 Å². The second-order valence-corrected chi connectivity index (χ2v) is 4.48. The van der Waals surface area contributed by atoms with Gasteiger partial charge in [-0.2, -0.15) is 0 Å². The molecule has 0 amide bonds. The van der Waals surface area contributed by atoms with Crippen molar-refractivity contribution in [1.29, 1.82) is 0 Å². The van der Waals surface area contributed by atoms with E-state index >= 15 is 0 Å². The number of hydrogen-bond donors (Lipinski definition) is 2. The number of aliphatic hydroxyl groups excluding tert-OH is 2. The van der Waals surface area contributed by atoms with Crippen LogP contribution >= 0.6 is 11.6 Å². The predicted octanol–water partition coefficient (Wildman–Crippen LogP) is 0.973. The fourth-order valence-electron chi connectivity index (χ4n) is 2.03. The summed E-state index contributed by atoms with van der Waals surface area (Å²) in [4.78, 5) is 10.1. The van der Waals surface area contributed by atoms with Crippen molar-refractivity contribution in [2.24, 2.45) is 0 Å². The van der Waals surface area contributed by atoms with Crippen LogP contribution in [0.2, 0.25) is 5.15 Å². The Bertz CT molecular complexity index is 385. The molecule has 0 spiro atoms. The minimum absolute atomic E-state index is 0.0585. The summed E-state index contributed by atoms with van der Waals surface area (Å²) < 4.78 is 0. The number of halogens is 1. The Balaban J connectivity index is 2.30. The largest absolute Gasteiger partial charge is 0.395 e. The lowest BCUT2D eigenvalue weighted by atomic mass is 9.91. The Morgan fingerprint density at radius 1 is 1.35 bits per heavy atom. The average molecular weight is 258 g/mol. The van der Waals surface area contributed by atoms with Crippen LogP contribution in [0, 0.1) is 0 Å². The lowest BCUT2D eigenvalue weighted by molar-refractivity contribution is 0.272. The highest BCUT2D eigenvalue weighted by Gasteiger charge is 2.27. The van der Waals surface area contributed by atoms with Crippen molar-refractivity contribution in [2.45, 2.75) is 31.9 Å². The normalized spacial score (nSPS) is 15.7. The molecule has 2 rings (SSSR count). The van der Waals surface area contributed by atoms with E-state index in [9.17, 15) is 5.11 Å². The Kier molecular flexibility index (Phi) is 4.15. The lowest BCUT2D eigenvalue weighted by Crippen LogP contribution is -2.43. The van der Waals surface area contributed by atoms with Crippen LogP contribution in [0.4, 0.5) is 5.82 Å². The number of hydrogen-bond acceptors (Lipinski definition) is 5. The van der Waals surface area contributed by atoms with Gasteiger partial charge in [-0.1, -0.05) is 11.6 Å². The molecule has 0 saturated heterocycles. The first kappa shape index (κ1) is 12.5. The smallest absolute Gasteiger partial charge is 0.140 e. The van der Waals surface area contributed by atoms with Crippen molar-refractivity contribution < 1.29 is 10.2 Å². The first-order chi connectivity index (χ1) is 8.27. The van der Waals surface area contributed by atoms with E-state index in [-0.39, 0.29) is 18.4 Å². The fraction of sp³-hybridized carbons (Fsp3) is 0.636. The molecule has 0 unspecified atom stereocenters. The zero-order valence-electron chi connectivity index (χ0n) is 9.51. The molecule has 1 aromatic rings. The third kappa shape index (κ3) is 2.51. The number of aromatic nitrogens is 2. The average Bonchev–Trinajstić information content (AvgIpc) is 2.26.